The van der Waals surface area contributed by atoms with E-state index >= 15 is 0 Å². The number of benzene rings is 1. The van der Waals surface area contributed by atoms with Gasteiger partial charge >= 0.3 is 5.97 Å². The van der Waals surface area contributed by atoms with Crippen molar-refractivity contribution in [3.05, 3.63) is 29.8 Å². The molecule has 18 heavy (non-hydrogen) atoms. The van der Waals surface area contributed by atoms with E-state index in [4.69, 9.17) is 0 Å². The summed E-state index contributed by atoms with van der Waals surface area (Å²) in [6.45, 7) is 7.97. The standard InChI is InChI=1S/C14H20O3S/c1-10(13(15)17-5)18(16)12-8-6-11(7-9-12)14(2,3)4/h6-10H,1-5H3. The molecule has 0 radical (unpaired) electrons. The maximum atomic E-state index is 12.1. The van der Waals surface area contributed by atoms with Crippen LogP contribution in [0.3, 0.4) is 0 Å². The van der Waals surface area contributed by atoms with Crippen molar-refractivity contribution < 1.29 is 13.7 Å². The molecular weight excluding hydrogens is 248 g/mol. The van der Waals surface area contributed by atoms with E-state index in [2.05, 4.69) is 25.5 Å². The summed E-state index contributed by atoms with van der Waals surface area (Å²) < 4.78 is 16.7. The van der Waals surface area contributed by atoms with Gasteiger partial charge in [-0.3, -0.25) is 9.00 Å². The first kappa shape index (κ1) is 14.9. The second kappa shape index (κ2) is 5.65. The van der Waals surface area contributed by atoms with Crippen LogP contribution in [0, 0.1) is 0 Å². The molecule has 0 aliphatic heterocycles. The zero-order chi connectivity index (χ0) is 13.9. The van der Waals surface area contributed by atoms with Crippen LogP contribution in [0.4, 0.5) is 0 Å². The fraction of sp³-hybridized carbons (Fsp3) is 0.500. The summed E-state index contributed by atoms with van der Waals surface area (Å²) in [6, 6.07) is 7.54. The third-order valence-electron chi connectivity index (χ3n) is 2.81. The number of ether oxygens (including phenoxy) is 1. The van der Waals surface area contributed by atoms with Gasteiger partial charge in [-0.05, 0) is 30.0 Å². The third kappa shape index (κ3) is 3.42. The number of carbonyl (C=O) groups is 1. The highest BCUT2D eigenvalue weighted by Gasteiger charge is 2.22. The molecule has 0 fully saturated rings. The average molecular weight is 268 g/mol. The first-order chi connectivity index (χ1) is 8.27. The lowest BCUT2D eigenvalue weighted by molar-refractivity contribution is -0.139. The minimum atomic E-state index is -1.37. The van der Waals surface area contributed by atoms with Crippen molar-refractivity contribution in [3.63, 3.8) is 0 Å². The Labute approximate surface area is 111 Å². The van der Waals surface area contributed by atoms with Gasteiger partial charge in [-0.15, -0.1) is 0 Å². The maximum Gasteiger partial charge on any atom is 0.321 e. The molecule has 100 valence electrons. The van der Waals surface area contributed by atoms with E-state index in [1.54, 1.807) is 6.92 Å². The van der Waals surface area contributed by atoms with Crippen molar-refractivity contribution in [2.75, 3.05) is 7.11 Å². The molecular formula is C14H20O3S. The van der Waals surface area contributed by atoms with Crippen molar-refractivity contribution in [3.8, 4) is 0 Å². The molecule has 0 aliphatic rings. The Kier molecular flexibility index (Phi) is 4.68. The SMILES string of the molecule is COC(=O)C(C)S(=O)c1ccc(C(C)(C)C)cc1. The molecule has 1 aromatic carbocycles. The van der Waals surface area contributed by atoms with Crippen LogP contribution in [-0.2, 0) is 25.7 Å². The zero-order valence-electron chi connectivity index (χ0n) is 11.5. The maximum absolute atomic E-state index is 12.1. The topological polar surface area (TPSA) is 43.4 Å². The summed E-state index contributed by atoms with van der Waals surface area (Å²) in [5.74, 6) is -0.451. The first-order valence-corrected chi connectivity index (χ1v) is 7.07. The molecule has 4 heteroatoms. The molecule has 0 aliphatic carbocycles. The van der Waals surface area contributed by atoms with Crippen LogP contribution >= 0.6 is 0 Å². The van der Waals surface area contributed by atoms with Gasteiger partial charge in [0, 0.05) is 4.90 Å². The van der Waals surface area contributed by atoms with E-state index < -0.39 is 22.0 Å². The summed E-state index contributed by atoms with van der Waals surface area (Å²) in [7, 11) is -0.0634. The number of carbonyl (C=O) groups excluding carboxylic acids is 1. The smallest absolute Gasteiger partial charge is 0.321 e. The molecule has 0 saturated carbocycles. The van der Waals surface area contributed by atoms with Gasteiger partial charge in [-0.2, -0.15) is 0 Å². The van der Waals surface area contributed by atoms with Crippen molar-refractivity contribution in [2.24, 2.45) is 0 Å². The van der Waals surface area contributed by atoms with Crippen molar-refractivity contribution in [2.45, 2.75) is 43.3 Å². The van der Waals surface area contributed by atoms with Crippen molar-refractivity contribution >= 4 is 16.8 Å². The van der Waals surface area contributed by atoms with Gasteiger partial charge in [0.05, 0.1) is 17.9 Å². The summed E-state index contributed by atoms with van der Waals surface area (Å²) in [5.41, 5.74) is 1.24. The molecule has 0 heterocycles. The van der Waals surface area contributed by atoms with Gasteiger partial charge in [-0.1, -0.05) is 32.9 Å². The predicted molar refractivity (Wildman–Crippen MR) is 73.0 cm³/mol. The number of esters is 1. The van der Waals surface area contributed by atoms with E-state index in [0.717, 1.165) is 0 Å². The highest BCUT2D eigenvalue weighted by Crippen LogP contribution is 2.23. The summed E-state index contributed by atoms with van der Waals surface area (Å²) in [5, 5.41) is -0.643. The van der Waals surface area contributed by atoms with Crippen LogP contribution in [-0.4, -0.2) is 22.5 Å². The van der Waals surface area contributed by atoms with E-state index in [0.29, 0.717) is 4.90 Å². The second-order valence-electron chi connectivity index (χ2n) is 5.24. The number of rotatable bonds is 3. The fourth-order valence-corrected chi connectivity index (χ4v) is 2.63. The Morgan fingerprint density at radius 1 is 1.22 bits per heavy atom. The molecule has 0 bridgehead atoms. The molecule has 1 aromatic rings. The largest absolute Gasteiger partial charge is 0.468 e. The number of hydrogen-bond donors (Lipinski definition) is 0. The van der Waals surface area contributed by atoms with Crippen LogP contribution in [0.15, 0.2) is 29.2 Å². The van der Waals surface area contributed by atoms with Crippen LogP contribution in [0.5, 0.6) is 0 Å². The monoisotopic (exact) mass is 268 g/mol. The molecule has 0 spiro atoms. The third-order valence-corrected chi connectivity index (χ3v) is 4.38. The Morgan fingerprint density at radius 3 is 2.11 bits per heavy atom. The molecule has 0 saturated heterocycles. The molecule has 0 aromatic heterocycles. The van der Waals surface area contributed by atoms with Gasteiger partial charge in [0.15, 0.2) is 0 Å². The minimum Gasteiger partial charge on any atom is -0.468 e. The normalized spacial score (nSPS) is 14.9. The van der Waals surface area contributed by atoms with Crippen LogP contribution in [0.25, 0.3) is 0 Å². The van der Waals surface area contributed by atoms with E-state index in [1.807, 2.05) is 24.3 Å². The van der Waals surface area contributed by atoms with Gasteiger partial charge in [-0.25, -0.2) is 0 Å². The Morgan fingerprint density at radius 2 is 1.72 bits per heavy atom. The zero-order valence-corrected chi connectivity index (χ0v) is 12.3. The molecule has 3 nitrogen and oxygen atoms in total. The first-order valence-electron chi connectivity index (χ1n) is 5.86. The Bertz CT molecular complexity index is 443. The van der Waals surface area contributed by atoms with E-state index in [1.165, 1.54) is 12.7 Å². The summed E-state index contributed by atoms with van der Waals surface area (Å²) >= 11 is 0. The van der Waals surface area contributed by atoms with Crippen molar-refractivity contribution in [1.29, 1.82) is 0 Å². The lowest BCUT2D eigenvalue weighted by Crippen LogP contribution is -2.24. The van der Waals surface area contributed by atoms with Crippen LogP contribution < -0.4 is 0 Å². The number of methoxy groups -OCH3 is 1. The van der Waals surface area contributed by atoms with Crippen molar-refractivity contribution in [1.82, 2.24) is 0 Å². The molecule has 2 atom stereocenters. The summed E-state index contributed by atoms with van der Waals surface area (Å²) in [4.78, 5) is 12.0. The van der Waals surface area contributed by atoms with E-state index in [9.17, 15) is 9.00 Å². The number of hydrogen-bond acceptors (Lipinski definition) is 3. The molecule has 2 unspecified atom stereocenters. The Hall–Kier alpha value is -1.16. The molecule has 0 N–H and O–H groups in total. The predicted octanol–water partition coefficient (Wildman–Crippen LogP) is 2.65. The average Bonchev–Trinajstić information content (AvgIpc) is 2.35. The van der Waals surface area contributed by atoms with Gasteiger partial charge in [0.25, 0.3) is 0 Å². The fourth-order valence-electron chi connectivity index (χ4n) is 1.55. The highest BCUT2D eigenvalue weighted by atomic mass is 32.2. The minimum absolute atomic E-state index is 0.0635. The van der Waals surface area contributed by atoms with Crippen LogP contribution in [0.2, 0.25) is 0 Å². The van der Waals surface area contributed by atoms with Gasteiger partial charge in [0.1, 0.15) is 5.25 Å². The lowest BCUT2D eigenvalue weighted by Gasteiger charge is -2.19. The second-order valence-corrected chi connectivity index (χ2v) is 7.01. The Balaban J connectivity index is 2.92. The quantitative estimate of drug-likeness (QED) is 0.792. The summed E-state index contributed by atoms with van der Waals surface area (Å²) in [6.07, 6.45) is 0. The van der Waals surface area contributed by atoms with Gasteiger partial charge in [0.2, 0.25) is 0 Å². The lowest BCUT2D eigenvalue weighted by atomic mass is 9.87. The van der Waals surface area contributed by atoms with E-state index in [-0.39, 0.29) is 5.41 Å². The highest BCUT2D eigenvalue weighted by molar-refractivity contribution is 7.86. The van der Waals surface area contributed by atoms with Crippen LogP contribution in [0.1, 0.15) is 33.3 Å². The van der Waals surface area contributed by atoms with Gasteiger partial charge < -0.3 is 4.74 Å². The molecule has 0 amide bonds. The molecule has 1 rings (SSSR count).